The molecule has 0 unspecified atom stereocenters. The lowest BCUT2D eigenvalue weighted by molar-refractivity contribution is -0.138. The Morgan fingerprint density at radius 2 is 2.11 bits per heavy atom. The first-order chi connectivity index (χ1) is 8.36. The smallest absolute Gasteiger partial charge is 0.419 e. The Balaban J connectivity index is 3.05. The van der Waals surface area contributed by atoms with Crippen LogP contribution in [0.15, 0.2) is 18.2 Å². The van der Waals surface area contributed by atoms with Gasteiger partial charge in [0.1, 0.15) is 10.7 Å². The first-order valence-electron chi connectivity index (χ1n) is 4.99. The number of halogens is 3. The molecule has 1 aromatic rings. The molecule has 0 bridgehead atoms. The SMILES string of the molecule is CSCCOc1ccc(C(N)=S)cc1C(F)(F)F. The second-order valence-electron chi connectivity index (χ2n) is 3.41. The number of benzene rings is 1. The van der Waals surface area contributed by atoms with Crippen LogP contribution in [-0.4, -0.2) is 23.6 Å². The van der Waals surface area contributed by atoms with Crippen molar-refractivity contribution in [2.45, 2.75) is 6.18 Å². The molecule has 7 heteroatoms. The van der Waals surface area contributed by atoms with E-state index in [1.807, 2.05) is 6.26 Å². The maximum atomic E-state index is 12.8. The van der Waals surface area contributed by atoms with E-state index in [2.05, 4.69) is 12.2 Å². The predicted octanol–water partition coefficient (Wildman–Crippen LogP) is 3.08. The molecule has 0 aliphatic rings. The van der Waals surface area contributed by atoms with Crippen molar-refractivity contribution in [3.8, 4) is 5.75 Å². The second-order valence-corrected chi connectivity index (χ2v) is 4.84. The van der Waals surface area contributed by atoms with Crippen LogP contribution in [0.2, 0.25) is 0 Å². The van der Waals surface area contributed by atoms with E-state index < -0.39 is 11.7 Å². The summed E-state index contributed by atoms with van der Waals surface area (Å²) in [6, 6.07) is 3.58. The summed E-state index contributed by atoms with van der Waals surface area (Å²) in [7, 11) is 0. The largest absolute Gasteiger partial charge is 0.492 e. The number of nitrogens with two attached hydrogens (primary N) is 1. The highest BCUT2D eigenvalue weighted by molar-refractivity contribution is 7.98. The molecular weight excluding hydrogens is 283 g/mol. The van der Waals surface area contributed by atoms with E-state index in [4.69, 9.17) is 10.5 Å². The number of hydrogen-bond donors (Lipinski definition) is 1. The molecule has 18 heavy (non-hydrogen) atoms. The van der Waals surface area contributed by atoms with Crippen LogP contribution >= 0.6 is 24.0 Å². The molecule has 2 N–H and O–H groups in total. The van der Waals surface area contributed by atoms with Crippen LogP contribution in [-0.2, 0) is 6.18 Å². The van der Waals surface area contributed by atoms with E-state index >= 15 is 0 Å². The van der Waals surface area contributed by atoms with Gasteiger partial charge in [-0.1, -0.05) is 12.2 Å². The second kappa shape index (κ2) is 6.29. The zero-order valence-electron chi connectivity index (χ0n) is 9.58. The zero-order valence-corrected chi connectivity index (χ0v) is 11.2. The van der Waals surface area contributed by atoms with E-state index in [0.717, 1.165) is 6.07 Å². The van der Waals surface area contributed by atoms with Gasteiger partial charge in [-0.2, -0.15) is 24.9 Å². The Morgan fingerprint density at radius 1 is 1.44 bits per heavy atom. The van der Waals surface area contributed by atoms with Crippen molar-refractivity contribution in [2.75, 3.05) is 18.6 Å². The molecule has 2 nitrogen and oxygen atoms in total. The van der Waals surface area contributed by atoms with E-state index in [0.29, 0.717) is 5.75 Å². The molecule has 0 amide bonds. The van der Waals surface area contributed by atoms with Gasteiger partial charge in [0, 0.05) is 11.3 Å². The van der Waals surface area contributed by atoms with Crippen molar-refractivity contribution < 1.29 is 17.9 Å². The van der Waals surface area contributed by atoms with Crippen molar-refractivity contribution in [1.82, 2.24) is 0 Å². The Kier molecular flexibility index (Phi) is 5.28. The lowest BCUT2D eigenvalue weighted by Gasteiger charge is -2.14. The zero-order chi connectivity index (χ0) is 13.8. The van der Waals surface area contributed by atoms with Crippen molar-refractivity contribution in [2.24, 2.45) is 5.73 Å². The maximum absolute atomic E-state index is 12.8. The summed E-state index contributed by atoms with van der Waals surface area (Å²) in [5, 5.41) is 0. The van der Waals surface area contributed by atoms with Gasteiger partial charge in [0.05, 0.1) is 12.2 Å². The molecule has 0 fully saturated rings. The van der Waals surface area contributed by atoms with E-state index in [1.165, 1.54) is 23.9 Å². The molecule has 0 saturated carbocycles. The van der Waals surface area contributed by atoms with Gasteiger partial charge in [-0.15, -0.1) is 0 Å². The molecule has 0 aliphatic carbocycles. The number of thioether (sulfide) groups is 1. The van der Waals surface area contributed by atoms with Crippen LogP contribution in [0, 0.1) is 0 Å². The third-order valence-electron chi connectivity index (χ3n) is 2.11. The fourth-order valence-electron chi connectivity index (χ4n) is 1.27. The molecule has 0 spiro atoms. The number of thiocarbonyl (C=S) groups is 1. The Morgan fingerprint density at radius 3 is 2.61 bits per heavy atom. The highest BCUT2D eigenvalue weighted by atomic mass is 32.2. The van der Waals surface area contributed by atoms with Gasteiger partial charge in [0.25, 0.3) is 0 Å². The molecule has 0 saturated heterocycles. The molecule has 0 aromatic heterocycles. The van der Waals surface area contributed by atoms with Crippen LogP contribution in [0.3, 0.4) is 0 Å². The fraction of sp³-hybridized carbons (Fsp3) is 0.364. The molecule has 1 rings (SSSR count). The highest BCUT2D eigenvalue weighted by Crippen LogP contribution is 2.36. The van der Waals surface area contributed by atoms with Gasteiger partial charge >= 0.3 is 6.18 Å². The van der Waals surface area contributed by atoms with Crippen molar-refractivity contribution >= 4 is 29.0 Å². The van der Waals surface area contributed by atoms with Gasteiger partial charge < -0.3 is 10.5 Å². The van der Waals surface area contributed by atoms with Crippen LogP contribution in [0.5, 0.6) is 5.75 Å². The van der Waals surface area contributed by atoms with Crippen LogP contribution in [0.1, 0.15) is 11.1 Å². The van der Waals surface area contributed by atoms with Crippen LogP contribution < -0.4 is 10.5 Å². The average Bonchev–Trinajstić information content (AvgIpc) is 2.28. The average molecular weight is 295 g/mol. The predicted molar refractivity (Wildman–Crippen MR) is 71.2 cm³/mol. The fourth-order valence-corrected chi connectivity index (χ4v) is 1.64. The van der Waals surface area contributed by atoms with E-state index in [9.17, 15) is 13.2 Å². The minimum atomic E-state index is -4.49. The Hall–Kier alpha value is -0.950. The molecule has 1 aromatic carbocycles. The summed E-state index contributed by atoms with van der Waals surface area (Å²) >= 11 is 6.16. The molecule has 0 radical (unpaired) electrons. The summed E-state index contributed by atoms with van der Waals surface area (Å²) in [6.45, 7) is 0.219. The normalized spacial score (nSPS) is 11.3. The summed E-state index contributed by atoms with van der Waals surface area (Å²) in [5.41, 5.74) is 4.64. The van der Waals surface area contributed by atoms with Gasteiger partial charge in [0.2, 0.25) is 0 Å². The quantitative estimate of drug-likeness (QED) is 0.669. The topological polar surface area (TPSA) is 35.2 Å². The molecular formula is C11H12F3NOS2. The first-order valence-corrected chi connectivity index (χ1v) is 6.79. The van der Waals surface area contributed by atoms with Gasteiger partial charge in [-0.05, 0) is 24.5 Å². The number of alkyl halides is 3. The maximum Gasteiger partial charge on any atom is 0.419 e. The van der Waals surface area contributed by atoms with Crippen molar-refractivity contribution in [3.63, 3.8) is 0 Å². The summed E-state index contributed by atoms with van der Waals surface area (Å²) in [6.07, 6.45) is -2.64. The lowest BCUT2D eigenvalue weighted by Crippen LogP contribution is -2.14. The van der Waals surface area contributed by atoms with Crippen molar-refractivity contribution in [3.05, 3.63) is 29.3 Å². The third kappa shape index (κ3) is 4.06. The number of ether oxygens (including phenoxy) is 1. The minimum Gasteiger partial charge on any atom is -0.492 e. The monoisotopic (exact) mass is 295 g/mol. The Bertz CT molecular complexity index is 435. The first kappa shape index (κ1) is 15.1. The third-order valence-corrected chi connectivity index (χ3v) is 2.93. The summed E-state index contributed by atoms with van der Waals surface area (Å²) in [4.78, 5) is -0.0730. The molecule has 0 heterocycles. The van der Waals surface area contributed by atoms with Gasteiger partial charge in [0.15, 0.2) is 0 Å². The van der Waals surface area contributed by atoms with Gasteiger partial charge in [-0.3, -0.25) is 0 Å². The molecule has 100 valence electrons. The molecule has 0 aliphatic heterocycles. The van der Waals surface area contributed by atoms with Gasteiger partial charge in [-0.25, -0.2) is 0 Å². The van der Waals surface area contributed by atoms with E-state index in [-0.39, 0.29) is 22.9 Å². The summed E-state index contributed by atoms with van der Waals surface area (Å²) in [5.74, 6) is 0.422. The minimum absolute atomic E-state index is 0.0730. The lowest BCUT2D eigenvalue weighted by atomic mass is 10.1. The van der Waals surface area contributed by atoms with E-state index in [1.54, 1.807) is 0 Å². The molecule has 0 atom stereocenters. The standard InChI is InChI=1S/C11H12F3NOS2/c1-18-5-4-16-9-3-2-7(10(15)17)6-8(9)11(12,13)14/h2-3,6H,4-5H2,1H3,(H2,15,17). The number of rotatable bonds is 5. The Labute approximate surface area is 113 Å². The number of hydrogen-bond acceptors (Lipinski definition) is 3. The van der Waals surface area contributed by atoms with Crippen LogP contribution in [0.4, 0.5) is 13.2 Å². The summed E-state index contributed by atoms with van der Waals surface area (Å²) < 4.78 is 43.6. The van der Waals surface area contributed by atoms with Crippen molar-refractivity contribution in [1.29, 1.82) is 0 Å². The highest BCUT2D eigenvalue weighted by Gasteiger charge is 2.34. The van der Waals surface area contributed by atoms with Crippen LogP contribution in [0.25, 0.3) is 0 Å².